The number of benzene rings is 2. The number of carbonyl (C=O) groups excluding carboxylic acids is 2. The van der Waals surface area contributed by atoms with Crippen molar-refractivity contribution in [2.45, 2.75) is 31.0 Å². The highest BCUT2D eigenvalue weighted by Crippen LogP contribution is 2.48. The van der Waals surface area contributed by atoms with Gasteiger partial charge in [-0.3, -0.25) is 9.59 Å². The van der Waals surface area contributed by atoms with Crippen molar-refractivity contribution in [1.82, 2.24) is 15.6 Å². The number of fused-ring (bicyclic) bond motifs is 1. The van der Waals surface area contributed by atoms with E-state index in [4.69, 9.17) is 5.11 Å². The predicted molar refractivity (Wildman–Crippen MR) is 117 cm³/mol. The Balaban J connectivity index is 1.44. The first kappa shape index (κ1) is 25.5. The Morgan fingerprint density at radius 3 is 2.33 bits per heavy atom. The van der Waals surface area contributed by atoms with Crippen LogP contribution in [0.3, 0.4) is 0 Å². The number of nitrogens with one attached hydrogen (secondary N) is 3. The molecule has 2 aromatic carbocycles. The number of halogens is 6. The number of carbonyl (C=O) groups is 2. The number of aromatic nitrogens is 1. The van der Waals surface area contributed by atoms with E-state index in [9.17, 15) is 35.9 Å². The number of alkyl halides is 3. The fourth-order valence-electron chi connectivity index (χ4n) is 4.28. The Morgan fingerprint density at radius 1 is 1.03 bits per heavy atom. The van der Waals surface area contributed by atoms with E-state index in [0.29, 0.717) is 35.0 Å². The van der Waals surface area contributed by atoms with Crippen molar-refractivity contribution >= 4 is 22.7 Å². The maximum Gasteiger partial charge on any atom is 0.416 e. The molecule has 1 saturated carbocycles. The maximum absolute atomic E-state index is 14.5. The van der Waals surface area contributed by atoms with Gasteiger partial charge < -0.3 is 20.7 Å². The summed E-state index contributed by atoms with van der Waals surface area (Å²) in [7, 11) is 0. The zero-order valence-electron chi connectivity index (χ0n) is 18.6. The van der Waals surface area contributed by atoms with Crippen LogP contribution in [0.15, 0.2) is 36.4 Å². The van der Waals surface area contributed by atoms with Crippen molar-refractivity contribution < 1.29 is 41.0 Å². The van der Waals surface area contributed by atoms with E-state index in [-0.39, 0.29) is 11.4 Å². The molecule has 1 heterocycles. The summed E-state index contributed by atoms with van der Waals surface area (Å²) in [6.07, 6.45) is -7.01. The molecule has 36 heavy (non-hydrogen) atoms. The molecule has 1 fully saturated rings. The van der Waals surface area contributed by atoms with E-state index in [1.165, 1.54) is 30.3 Å². The lowest BCUT2D eigenvalue weighted by Gasteiger charge is -2.35. The maximum atomic E-state index is 14.5. The molecule has 1 aliphatic carbocycles. The highest BCUT2D eigenvalue weighted by Gasteiger charge is 2.39. The number of aromatic amines is 1. The quantitative estimate of drug-likeness (QED) is 0.361. The first-order chi connectivity index (χ1) is 16.9. The second-order valence-corrected chi connectivity index (χ2v) is 8.68. The molecule has 0 saturated heterocycles. The minimum absolute atomic E-state index is 0.0799. The smallest absolute Gasteiger partial charge is 0.382 e. The third-order valence-electron chi connectivity index (χ3n) is 6.21. The fourth-order valence-corrected chi connectivity index (χ4v) is 4.28. The molecule has 0 radical (unpaired) electrons. The molecule has 6 nitrogen and oxygen atoms in total. The van der Waals surface area contributed by atoms with Gasteiger partial charge in [-0.2, -0.15) is 13.2 Å². The fraction of sp³-hybridized carbons (Fsp3) is 0.333. The average Bonchev–Trinajstić information content (AvgIpc) is 3.14. The highest BCUT2D eigenvalue weighted by molar-refractivity contribution is 5.93. The van der Waals surface area contributed by atoms with Crippen LogP contribution in [0.2, 0.25) is 0 Å². The van der Waals surface area contributed by atoms with Gasteiger partial charge in [0.25, 0.3) is 0 Å². The summed E-state index contributed by atoms with van der Waals surface area (Å²) in [4.78, 5) is 27.0. The second-order valence-electron chi connectivity index (χ2n) is 8.68. The topological polar surface area (TPSA) is 94.2 Å². The first-order valence-electron chi connectivity index (χ1n) is 11.0. The van der Waals surface area contributed by atoms with Crippen molar-refractivity contribution in [3.8, 4) is 11.3 Å². The van der Waals surface area contributed by atoms with Crippen LogP contribution in [0.1, 0.15) is 24.3 Å². The Bertz CT molecular complexity index is 1280. The standard InChI is InChI=1S/C24H21F6N3O3/c25-14-3-1-11(2-4-14)21-20(16-7-15(26)8-17(27)22(16)33-21)12-5-13(6-12)23(36)32-10-19(35)31-9-18(34)24(28,29)30/h1-4,7-8,12-13,18,33-34H,5-6,9-10H2,(H,31,35)(H,32,36)/t12?,13?,18-/m0/s1. The van der Waals surface area contributed by atoms with E-state index in [0.717, 1.165) is 6.07 Å². The van der Waals surface area contributed by atoms with Gasteiger partial charge in [0.2, 0.25) is 11.8 Å². The molecular weight excluding hydrogens is 492 g/mol. The zero-order valence-corrected chi connectivity index (χ0v) is 18.6. The van der Waals surface area contributed by atoms with Gasteiger partial charge in [-0.1, -0.05) is 0 Å². The van der Waals surface area contributed by atoms with E-state index in [2.05, 4.69) is 10.3 Å². The van der Waals surface area contributed by atoms with E-state index < -0.39 is 60.6 Å². The summed E-state index contributed by atoms with van der Waals surface area (Å²) in [6.45, 7) is -1.61. The molecule has 4 rings (SSSR count). The minimum Gasteiger partial charge on any atom is -0.382 e. The monoisotopic (exact) mass is 513 g/mol. The van der Waals surface area contributed by atoms with Gasteiger partial charge in [-0.05, 0) is 60.2 Å². The molecule has 192 valence electrons. The molecule has 1 atom stereocenters. The SMILES string of the molecule is O=C(CNC(=O)C1CC(c2c(-c3ccc(F)cc3)[nH]c3c(F)cc(F)cc23)C1)NC[C@H](O)C(F)(F)F. The Morgan fingerprint density at radius 2 is 1.69 bits per heavy atom. The Kier molecular flexibility index (Phi) is 6.98. The number of hydrogen-bond acceptors (Lipinski definition) is 3. The van der Waals surface area contributed by atoms with Crippen LogP contribution < -0.4 is 10.6 Å². The third kappa shape index (κ3) is 5.32. The molecule has 1 aromatic heterocycles. The van der Waals surface area contributed by atoms with Gasteiger partial charge in [0.1, 0.15) is 17.5 Å². The largest absolute Gasteiger partial charge is 0.416 e. The van der Waals surface area contributed by atoms with Crippen LogP contribution in [0, 0.1) is 23.4 Å². The Labute approximate surface area is 200 Å². The van der Waals surface area contributed by atoms with Gasteiger partial charge in [0.05, 0.1) is 24.3 Å². The summed E-state index contributed by atoms with van der Waals surface area (Å²) in [5.41, 5.74) is 1.68. The number of H-pyrrole nitrogens is 1. The number of aliphatic hydroxyl groups is 1. The van der Waals surface area contributed by atoms with E-state index in [1.54, 1.807) is 0 Å². The van der Waals surface area contributed by atoms with Gasteiger partial charge in [-0.25, -0.2) is 13.2 Å². The lowest BCUT2D eigenvalue weighted by Crippen LogP contribution is -2.46. The van der Waals surface area contributed by atoms with E-state index >= 15 is 0 Å². The van der Waals surface area contributed by atoms with Crippen LogP contribution in [-0.4, -0.2) is 47.3 Å². The Hall–Kier alpha value is -3.54. The van der Waals surface area contributed by atoms with Crippen molar-refractivity contribution in [3.05, 3.63) is 59.4 Å². The summed E-state index contributed by atoms with van der Waals surface area (Å²) < 4.78 is 78.7. The van der Waals surface area contributed by atoms with Gasteiger partial charge in [-0.15, -0.1) is 0 Å². The van der Waals surface area contributed by atoms with Crippen molar-refractivity contribution in [2.75, 3.05) is 13.1 Å². The lowest BCUT2D eigenvalue weighted by atomic mass is 9.70. The lowest BCUT2D eigenvalue weighted by molar-refractivity contribution is -0.201. The minimum atomic E-state index is -4.88. The number of amides is 2. The van der Waals surface area contributed by atoms with Gasteiger partial charge >= 0.3 is 6.18 Å². The molecule has 0 spiro atoms. The van der Waals surface area contributed by atoms with Gasteiger partial charge in [0, 0.05) is 17.4 Å². The normalized spacial score (nSPS) is 18.5. The van der Waals surface area contributed by atoms with Crippen molar-refractivity contribution in [2.24, 2.45) is 5.92 Å². The van der Waals surface area contributed by atoms with Gasteiger partial charge in [0.15, 0.2) is 6.10 Å². The molecule has 0 unspecified atom stereocenters. The summed E-state index contributed by atoms with van der Waals surface area (Å²) in [5, 5.41) is 13.4. The number of aliphatic hydroxyl groups excluding tert-OH is 1. The molecule has 1 aliphatic rings. The van der Waals surface area contributed by atoms with Crippen LogP contribution in [0.4, 0.5) is 26.3 Å². The van der Waals surface area contributed by atoms with Crippen LogP contribution >= 0.6 is 0 Å². The second kappa shape index (κ2) is 9.84. The van der Waals surface area contributed by atoms with Crippen LogP contribution in [-0.2, 0) is 9.59 Å². The first-order valence-corrected chi connectivity index (χ1v) is 11.0. The number of rotatable bonds is 7. The summed E-state index contributed by atoms with van der Waals surface area (Å²) in [6, 6.07) is 7.38. The van der Waals surface area contributed by atoms with Crippen molar-refractivity contribution in [3.63, 3.8) is 0 Å². The molecular formula is C24H21F6N3O3. The summed E-state index contributed by atoms with van der Waals surface area (Å²) >= 11 is 0. The highest BCUT2D eigenvalue weighted by atomic mass is 19.4. The number of hydrogen-bond donors (Lipinski definition) is 4. The zero-order chi connectivity index (χ0) is 26.2. The molecule has 0 bridgehead atoms. The molecule has 2 amide bonds. The van der Waals surface area contributed by atoms with Crippen LogP contribution in [0.5, 0.6) is 0 Å². The molecule has 0 aliphatic heterocycles. The predicted octanol–water partition coefficient (Wildman–Crippen LogP) is 3.90. The molecule has 12 heteroatoms. The molecule has 4 N–H and O–H groups in total. The average molecular weight is 513 g/mol. The summed E-state index contributed by atoms with van der Waals surface area (Å²) in [5.74, 6) is -4.25. The van der Waals surface area contributed by atoms with E-state index in [1.807, 2.05) is 5.32 Å². The molecule has 3 aromatic rings. The third-order valence-corrected chi connectivity index (χ3v) is 6.21. The van der Waals surface area contributed by atoms with Crippen LogP contribution in [0.25, 0.3) is 22.2 Å². The van der Waals surface area contributed by atoms with Crippen molar-refractivity contribution in [1.29, 1.82) is 0 Å².